The Balaban J connectivity index is 0.00000361. The lowest BCUT2D eigenvalue weighted by Gasteiger charge is -2.30. The third-order valence-corrected chi connectivity index (χ3v) is 3.92. The highest BCUT2D eigenvalue weighted by atomic mass is 127. The molecule has 5 heteroatoms. The number of aliphatic imine (C=N–C) groups is 1. The van der Waals surface area contributed by atoms with Gasteiger partial charge in [-0.05, 0) is 31.6 Å². The molecule has 0 heterocycles. The standard InChI is InChI=1S/C15H31N3O.HI/c1-4-13-7-6-8-14(9-13)18-15(16-5-2)17-10-12(3)11-19;/h12-14,19H,4-11H2,1-3H3,(H2,16,17,18);1H. The smallest absolute Gasteiger partial charge is 0.191 e. The lowest BCUT2D eigenvalue weighted by atomic mass is 9.84. The molecule has 0 aliphatic heterocycles. The maximum absolute atomic E-state index is 9.06. The summed E-state index contributed by atoms with van der Waals surface area (Å²) in [5.74, 6) is 2.00. The van der Waals surface area contributed by atoms with E-state index in [-0.39, 0.29) is 36.5 Å². The van der Waals surface area contributed by atoms with Crippen molar-refractivity contribution >= 4 is 29.9 Å². The quantitative estimate of drug-likeness (QED) is 0.367. The summed E-state index contributed by atoms with van der Waals surface area (Å²) < 4.78 is 0. The van der Waals surface area contributed by atoms with Crippen molar-refractivity contribution in [1.82, 2.24) is 10.6 Å². The van der Waals surface area contributed by atoms with Crippen LogP contribution in [0.2, 0.25) is 0 Å². The third-order valence-electron chi connectivity index (χ3n) is 3.92. The van der Waals surface area contributed by atoms with Crippen molar-refractivity contribution in [2.75, 3.05) is 19.7 Å². The molecule has 3 N–H and O–H groups in total. The van der Waals surface area contributed by atoms with Crippen LogP contribution in [0, 0.1) is 11.8 Å². The van der Waals surface area contributed by atoms with E-state index in [4.69, 9.17) is 5.11 Å². The van der Waals surface area contributed by atoms with Crippen molar-refractivity contribution in [3.8, 4) is 0 Å². The lowest BCUT2D eigenvalue weighted by molar-refractivity contribution is 0.241. The van der Waals surface area contributed by atoms with Gasteiger partial charge in [0.15, 0.2) is 5.96 Å². The van der Waals surface area contributed by atoms with E-state index in [1.807, 2.05) is 6.92 Å². The monoisotopic (exact) mass is 397 g/mol. The maximum Gasteiger partial charge on any atom is 0.191 e. The van der Waals surface area contributed by atoms with E-state index in [1.165, 1.54) is 32.1 Å². The van der Waals surface area contributed by atoms with Crippen LogP contribution in [-0.4, -0.2) is 36.8 Å². The van der Waals surface area contributed by atoms with E-state index in [2.05, 4.69) is 29.5 Å². The van der Waals surface area contributed by atoms with E-state index in [0.29, 0.717) is 12.6 Å². The van der Waals surface area contributed by atoms with Crippen LogP contribution in [0.1, 0.15) is 52.9 Å². The molecule has 1 aliphatic rings. The average molecular weight is 397 g/mol. The van der Waals surface area contributed by atoms with E-state index in [1.54, 1.807) is 0 Å². The molecule has 3 unspecified atom stereocenters. The summed E-state index contributed by atoms with van der Waals surface area (Å²) in [5, 5.41) is 15.9. The minimum Gasteiger partial charge on any atom is -0.396 e. The summed E-state index contributed by atoms with van der Waals surface area (Å²) in [4.78, 5) is 4.56. The summed E-state index contributed by atoms with van der Waals surface area (Å²) in [7, 11) is 0. The molecular weight excluding hydrogens is 365 g/mol. The Kier molecular flexibility index (Phi) is 11.6. The zero-order valence-corrected chi connectivity index (χ0v) is 15.5. The van der Waals surface area contributed by atoms with Gasteiger partial charge in [0.1, 0.15) is 0 Å². The number of hydrogen-bond donors (Lipinski definition) is 3. The van der Waals surface area contributed by atoms with Crippen molar-refractivity contribution in [2.45, 2.75) is 58.9 Å². The summed E-state index contributed by atoms with van der Waals surface area (Å²) >= 11 is 0. The topological polar surface area (TPSA) is 56.7 Å². The summed E-state index contributed by atoms with van der Waals surface area (Å²) in [6, 6.07) is 0.556. The Morgan fingerprint density at radius 2 is 2.10 bits per heavy atom. The Labute approximate surface area is 141 Å². The van der Waals surface area contributed by atoms with Crippen molar-refractivity contribution in [2.24, 2.45) is 16.8 Å². The fraction of sp³-hybridized carbons (Fsp3) is 0.933. The van der Waals surface area contributed by atoms with Gasteiger partial charge in [0, 0.05) is 25.7 Å². The molecule has 120 valence electrons. The minimum absolute atomic E-state index is 0. The van der Waals surface area contributed by atoms with Crippen molar-refractivity contribution in [3.63, 3.8) is 0 Å². The number of nitrogens with one attached hydrogen (secondary N) is 2. The van der Waals surface area contributed by atoms with Gasteiger partial charge in [0.25, 0.3) is 0 Å². The number of aliphatic hydroxyl groups excluding tert-OH is 1. The maximum atomic E-state index is 9.06. The Morgan fingerprint density at radius 3 is 2.70 bits per heavy atom. The van der Waals surface area contributed by atoms with Crippen LogP contribution in [0.5, 0.6) is 0 Å². The van der Waals surface area contributed by atoms with Gasteiger partial charge >= 0.3 is 0 Å². The van der Waals surface area contributed by atoms with E-state index >= 15 is 0 Å². The Bertz CT molecular complexity index is 274. The first-order chi connectivity index (χ1) is 9.19. The number of aliphatic hydroxyl groups is 1. The molecule has 0 amide bonds. The highest BCUT2D eigenvalue weighted by molar-refractivity contribution is 14.0. The molecule has 0 aromatic rings. The first-order valence-electron chi connectivity index (χ1n) is 7.85. The SMILES string of the molecule is CCNC(=NCC(C)CO)NC1CCCC(CC)C1.I. The van der Waals surface area contributed by atoms with Crippen LogP contribution in [0.15, 0.2) is 4.99 Å². The fourth-order valence-corrected chi connectivity index (χ4v) is 2.61. The van der Waals surface area contributed by atoms with E-state index < -0.39 is 0 Å². The second kappa shape index (κ2) is 11.6. The van der Waals surface area contributed by atoms with Crippen LogP contribution in [0.3, 0.4) is 0 Å². The van der Waals surface area contributed by atoms with Crippen molar-refractivity contribution in [3.05, 3.63) is 0 Å². The number of guanidine groups is 1. The van der Waals surface area contributed by atoms with Crippen molar-refractivity contribution in [1.29, 1.82) is 0 Å². The van der Waals surface area contributed by atoms with Crippen LogP contribution in [0.4, 0.5) is 0 Å². The molecule has 1 aliphatic carbocycles. The molecule has 3 atom stereocenters. The zero-order valence-electron chi connectivity index (χ0n) is 13.2. The van der Waals surface area contributed by atoms with Crippen LogP contribution >= 0.6 is 24.0 Å². The summed E-state index contributed by atoms with van der Waals surface area (Å²) in [5.41, 5.74) is 0. The molecule has 20 heavy (non-hydrogen) atoms. The zero-order chi connectivity index (χ0) is 14.1. The van der Waals surface area contributed by atoms with Gasteiger partial charge in [-0.15, -0.1) is 24.0 Å². The first kappa shape index (κ1) is 20.0. The number of hydrogen-bond acceptors (Lipinski definition) is 2. The predicted molar refractivity (Wildman–Crippen MR) is 96.8 cm³/mol. The highest BCUT2D eigenvalue weighted by Crippen LogP contribution is 2.26. The third kappa shape index (κ3) is 7.67. The lowest BCUT2D eigenvalue weighted by Crippen LogP contribution is -2.45. The normalized spacial score (nSPS) is 24.7. The van der Waals surface area contributed by atoms with Gasteiger partial charge in [-0.2, -0.15) is 0 Å². The van der Waals surface area contributed by atoms with E-state index in [9.17, 15) is 0 Å². The first-order valence-corrected chi connectivity index (χ1v) is 7.85. The van der Waals surface area contributed by atoms with Gasteiger partial charge in [-0.25, -0.2) is 0 Å². The molecule has 0 spiro atoms. The van der Waals surface area contributed by atoms with Crippen LogP contribution in [0.25, 0.3) is 0 Å². The molecule has 1 rings (SSSR count). The van der Waals surface area contributed by atoms with Crippen LogP contribution < -0.4 is 10.6 Å². The summed E-state index contributed by atoms with van der Waals surface area (Å²) in [6.45, 7) is 8.14. The van der Waals surface area contributed by atoms with E-state index in [0.717, 1.165) is 18.4 Å². The summed E-state index contributed by atoms with van der Waals surface area (Å²) in [6.07, 6.45) is 6.49. The minimum atomic E-state index is 0. The van der Waals surface area contributed by atoms with Gasteiger partial charge in [0.2, 0.25) is 0 Å². The molecule has 1 saturated carbocycles. The number of halogens is 1. The fourth-order valence-electron chi connectivity index (χ4n) is 2.61. The Morgan fingerprint density at radius 1 is 1.35 bits per heavy atom. The second-order valence-corrected chi connectivity index (χ2v) is 5.79. The molecule has 1 fully saturated rings. The molecule has 0 saturated heterocycles. The average Bonchev–Trinajstić information content (AvgIpc) is 2.44. The second-order valence-electron chi connectivity index (χ2n) is 5.79. The van der Waals surface area contributed by atoms with Gasteiger partial charge in [-0.1, -0.05) is 33.1 Å². The number of rotatable bonds is 6. The largest absolute Gasteiger partial charge is 0.396 e. The molecule has 0 aromatic heterocycles. The number of nitrogens with zero attached hydrogens (tertiary/aromatic N) is 1. The molecule has 0 aromatic carbocycles. The van der Waals surface area contributed by atoms with Crippen LogP contribution in [-0.2, 0) is 0 Å². The van der Waals surface area contributed by atoms with Crippen molar-refractivity contribution < 1.29 is 5.11 Å². The molecule has 0 radical (unpaired) electrons. The molecule has 0 bridgehead atoms. The van der Waals surface area contributed by atoms with Gasteiger partial charge < -0.3 is 15.7 Å². The van der Waals surface area contributed by atoms with Gasteiger partial charge in [-0.3, -0.25) is 4.99 Å². The van der Waals surface area contributed by atoms with Gasteiger partial charge in [0.05, 0.1) is 0 Å². The Hall–Kier alpha value is -0.0400. The predicted octanol–water partition coefficient (Wildman–Crippen LogP) is 2.76. The molecule has 4 nitrogen and oxygen atoms in total. The molecular formula is C15H32IN3O. The highest BCUT2D eigenvalue weighted by Gasteiger charge is 2.21.